The second-order valence-corrected chi connectivity index (χ2v) is 4.77. The quantitative estimate of drug-likeness (QED) is 0.551. The molecule has 0 radical (unpaired) electrons. The Morgan fingerprint density at radius 1 is 0.941 bits per heavy atom. The first kappa shape index (κ1) is 10.3. The van der Waals surface area contributed by atoms with Crippen LogP contribution in [0.15, 0.2) is 48.7 Å². The van der Waals surface area contributed by atoms with Crippen LogP contribution in [0.2, 0.25) is 0 Å². The number of pyridine rings is 1. The van der Waals surface area contributed by atoms with Gasteiger partial charge in [0.05, 0.1) is 5.52 Å². The molecule has 0 unspecified atom stereocenters. The zero-order chi connectivity index (χ0) is 11.8. The number of hydrogen-bond donors (Lipinski definition) is 0. The van der Waals surface area contributed by atoms with Crippen LogP contribution in [0.25, 0.3) is 21.7 Å². The van der Waals surface area contributed by atoms with Crippen LogP contribution in [0.4, 0.5) is 0 Å². The van der Waals surface area contributed by atoms with E-state index in [0.29, 0.717) is 5.92 Å². The fourth-order valence-electron chi connectivity index (χ4n) is 2.36. The lowest BCUT2D eigenvalue weighted by Crippen LogP contribution is -1.91. The van der Waals surface area contributed by atoms with E-state index in [-0.39, 0.29) is 0 Å². The van der Waals surface area contributed by atoms with E-state index >= 15 is 0 Å². The van der Waals surface area contributed by atoms with Crippen molar-refractivity contribution in [1.82, 2.24) is 4.98 Å². The van der Waals surface area contributed by atoms with Crippen molar-refractivity contribution in [2.75, 3.05) is 0 Å². The Kier molecular flexibility index (Phi) is 2.32. The SMILES string of the molecule is CC(C)c1ccnc2cc3ccccc3cc12. The molecule has 0 aliphatic carbocycles. The smallest absolute Gasteiger partial charge is 0.0711 e. The number of rotatable bonds is 1. The second kappa shape index (κ2) is 3.85. The first-order valence-electron chi connectivity index (χ1n) is 6.03. The molecule has 0 spiro atoms. The molecule has 1 heteroatoms. The maximum Gasteiger partial charge on any atom is 0.0711 e. The Bertz CT molecular complexity index is 683. The van der Waals surface area contributed by atoms with Crippen molar-refractivity contribution in [1.29, 1.82) is 0 Å². The summed E-state index contributed by atoms with van der Waals surface area (Å²) in [5.74, 6) is 0.529. The van der Waals surface area contributed by atoms with Crippen LogP contribution in [-0.2, 0) is 0 Å². The minimum Gasteiger partial charge on any atom is -0.256 e. The van der Waals surface area contributed by atoms with Crippen molar-refractivity contribution in [3.63, 3.8) is 0 Å². The molecule has 1 nitrogen and oxygen atoms in total. The van der Waals surface area contributed by atoms with Crippen molar-refractivity contribution < 1.29 is 0 Å². The van der Waals surface area contributed by atoms with E-state index in [1.807, 2.05) is 6.20 Å². The number of nitrogens with zero attached hydrogens (tertiary/aromatic N) is 1. The Balaban J connectivity index is 2.43. The van der Waals surface area contributed by atoms with Gasteiger partial charge >= 0.3 is 0 Å². The van der Waals surface area contributed by atoms with Crippen LogP contribution in [0, 0.1) is 0 Å². The Morgan fingerprint density at radius 2 is 1.65 bits per heavy atom. The molecule has 3 aromatic rings. The Hall–Kier alpha value is -1.89. The molecule has 2 aromatic carbocycles. The molecule has 1 heterocycles. The lowest BCUT2D eigenvalue weighted by Gasteiger charge is -2.10. The summed E-state index contributed by atoms with van der Waals surface area (Å²) < 4.78 is 0. The molecule has 0 bridgehead atoms. The lowest BCUT2D eigenvalue weighted by atomic mass is 9.97. The third-order valence-corrected chi connectivity index (χ3v) is 3.26. The van der Waals surface area contributed by atoms with Gasteiger partial charge in [0.25, 0.3) is 0 Å². The zero-order valence-corrected chi connectivity index (χ0v) is 10.1. The largest absolute Gasteiger partial charge is 0.256 e. The molecule has 0 aliphatic heterocycles. The van der Waals surface area contributed by atoms with Gasteiger partial charge in [-0.05, 0) is 40.5 Å². The Morgan fingerprint density at radius 3 is 2.35 bits per heavy atom. The van der Waals surface area contributed by atoms with Gasteiger partial charge in [0.15, 0.2) is 0 Å². The van der Waals surface area contributed by atoms with E-state index in [0.717, 1.165) is 5.52 Å². The van der Waals surface area contributed by atoms with Crippen molar-refractivity contribution >= 4 is 21.7 Å². The predicted octanol–water partition coefficient (Wildman–Crippen LogP) is 4.51. The van der Waals surface area contributed by atoms with Crippen molar-refractivity contribution in [2.45, 2.75) is 19.8 Å². The molecule has 0 amide bonds. The average molecular weight is 221 g/mol. The van der Waals surface area contributed by atoms with E-state index in [2.05, 4.69) is 61.3 Å². The molecule has 3 rings (SSSR count). The molecular weight excluding hydrogens is 206 g/mol. The monoisotopic (exact) mass is 221 g/mol. The van der Waals surface area contributed by atoms with Gasteiger partial charge in [0.1, 0.15) is 0 Å². The molecular formula is C16H15N. The van der Waals surface area contributed by atoms with Crippen molar-refractivity contribution in [3.8, 4) is 0 Å². The topological polar surface area (TPSA) is 12.9 Å². The summed E-state index contributed by atoms with van der Waals surface area (Å²) in [7, 11) is 0. The minimum atomic E-state index is 0.529. The van der Waals surface area contributed by atoms with Gasteiger partial charge in [-0.25, -0.2) is 0 Å². The maximum atomic E-state index is 4.47. The highest BCUT2D eigenvalue weighted by Gasteiger charge is 2.06. The predicted molar refractivity (Wildman–Crippen MR) is 73.3 cm³/mol. The van der Waals surface area contributed by atoms with Crippen molar-refractivity contribution in [3.05, 3.63) is 54.2 Å². The third kappa shape index (κ3) is 1.68. The fraction of sp³-hybridized carbons (Fsp3) is 0.188. The second-order valence-electron chi connectivity index (χ2n) is 4.77. The van der Waals surface area contributed by atoms with E-state index in [1.54, 1.807) is 0 Å². The molecule has 0 saturated carbocycles. The first-order valence-corrected chi connectivity index (χ1v) is 6.03. The average Bonchev–Trinajstić information content (AvgIpc) is 2.35. The highest BCUT2D eigenvalue weighted by molar-refractivity contribution is 5.97. The molecule has 0 N–H and O–H groups in total. The highest BCUT2D eigenvalue weighted by atomic mass is 14.6. The van der Waals surface area contributed by atoms with Gasteiger partial charge in [-0.2, -0.15) is 0 Å². The third-order valence-electron chi connectivity index (χ3n) is 3.26. The first-order chi connectivity index (χ1) is 8.25. The molecule has 0 fully saturated rings. The van der Waals surface area contributed by atoms with Crippen LogP contribution in [0.3, 0.4) is 0 Å². The summed E-state index contributed by atoms with van der Waals surface area (Å²) in [6.45, 7) is 4.45. The highest BCUT2D eigenvalue weighted by Crippen LogP contribution is 2.27. The molecule has 84 valence electrons. The number of hydrogen-bond acceptors (Lipinski definition) is 1. The van der Waals surface area contributed by atoms with Gasteiger partial charge in [-0.3, -0.25) is 4.98 Å². The fourth-order valence-corrected chi connectivity index (χ4v) is 2.36. The van der Waals surface area contributed by atoms with E-state index < -0.39 is 0 Å². The summed E-state index contributed by atoms with van der Waals surface area (Å²) in [4.78, 5) is 4.47. The van der Waals surface area contributed by atoms with Crippen LogP contribution in [0.1, 0.15) is 25.3 Å². The summed E-state index contributed by atoms with van der Waals surface area (Å²) in [5, 5.41) is 3.82. The molecule has 1 aromatic heterocycles. The van der Waals surface area contributed by atoms with E-state index in [9.17, 15) is 0 Å². The summed E-state index contributed by atoms with van der Waals surface area (Å²) in [6.07, 6.45) is 1.91. The van der Waals surface area contributed by atoms with Gasteiger partial charge in [0.2, 0.25) is 0 Å². The number of fused-ring (bicyclic) bond motifs is 2. The molecule has 0 saturated heterocycles. The minimum absolute atomic E-state index is 0.529. The van der Waals surface area contributed by atoms with Gasteiger partial charge in [0, 0.05) is 11.6 Å². The number of benzene rings is 2. The van der Waals surface area contributed by atoms with Crippen molar-refractivity contribution in [2.24, 2.45) is 0 Å². The maximum absolute atomic E-state index is 4.47. The summed E-state index contributed by atoms with van der Waals surface area (Å²) in [6, 6.07) is 15.0. The van der Waals surface area contributed by atoms with E-state index in [1.165, 1.54) is 21.7 Å². The Labute approximate surface area is 101 Å². The summed E-state index contributed by atoms with van der Waals surface area (Å²) in [5.41, 5.74) is 2.47. The van der Waals surface area contributed by atoms with Gasteiger partial charge in [-0.1, -0.05) is 38.1 Å². The standard InChI is InChI=1S/C16H15N/c1-11(2)14-7-8-17-16-10-13-6-4-3-5-12(13)9-15(14)16/h3-11H,1-2H3. The zero-order valence-electron chi connectivity index (χ0n) is 10.1. The van der Waals surface area contributed by atoms with E-state index in [4.69, 9.17) is 0 Å². The summed E-state index contributed by atoms with van der Waals surface area (Å²) >= 11 is 0. The molecule has 17 heavy (non-hydrogen) atoms. The number of aromatic nitrogens is 1. The van der Waals surface area contributed by atoms with Gasteiger partial charge < -0.3 is 0 Å². The van der Waals surface area contributed by atoms with Crippen LogP contribution >= 0.6 is 0 Å². The normalized spacial score (nSPS) is 11.5. The molecule has 0 atom stereocenters. The lowest BCUT2D eigenvalue weighted by molar-refractivity contribution is 0.874. The van der Waals surface area contributed by atoms with Gasteiger partial charge in [-0.15, -0.1) is 0 Å². The van der Waals surface area contributed by atoms with Crippen LogP contribution < -0.4 is 0 Å². The van der Waals surface area contributed by atoms with Crippen LogP contribution in [-0.4, -0.2) is 4.98 Å². The van der Waals surface area contributed by atoms with Crippen LogP contribution in [0.5, 0.6) is 0 Å². The molecule has 0 aliphatic rings.